The van der Waals surface area contributed by atoms with Gasteiger partial charge in [0.2, 0.25) is 0 Å². The Hall–Kier alpha value is -6.64. The van der Waals surface area contributed by atoms with Gasteiger partial charge in [0, 0.05) is 33.9 Å². The Balaban J connectivity index is 1.08. The lowest BCUT2D eigenvalue weighted by Gasteiger charge is -2.38. The third-order valence-corrected chi connectivity index (χ3v) is 14.5. The number of rotatable bonds is 5. The Morgan fingerprint density at radius 3 is 2.03 bits per heavy atom. The van der Waals surface area contributed by atoms with E-state index >= 15 is 0 Å². The van der Waals surface area contributed by atoms with Crippen LogP contribution in [0.15, 0.2) is 186 Å². The van der Waals surface area contributed by atoms with Crippen LogP contribution in [0.25, 0.3) is 50.4 Å². The zero-order valence-electron chi connectivity index (χ0n) is 34.6. The summed E-state index contributed by atoms with van der Waals surface area (Å²) in [5, 5.41) is 1.17. The summed E-state index contributed by atoms with van der Waals surface area (Å²) in [6.07, 6.45) is 17.4. The summed E-state index contributed by atoms with van der Waals surface area (Å²) >= 11 is 0. The summed E-state index contributed by atoms with van der Waals surface area (Å²) in [4.78, 5) is 2.64. The molecule has 60 heavy (non-hydrogen) atoms. The van der Waals surface area contributed by atoms with E-state index in [4.69, 9.17) is 4.42 Å². The third-order valence-electron chi connectivity index (χ3n) is 14.5. The summed E-state index contributed by atoms with van der Waals surface area (Å²) in [5.41, 5.74) is 20.5. The summed E-state index contributed by atoms with van der Waals surface area (Å²) in [5.74, 6) is 1.29. The molecule has 0 bridgehead atoms. The molecule has 0 aliphatic heterocycles. The topological polar surface area (TPSA) is 16.4 Å². The molecular weight excluding hydrogens is 727 g/mol. The first-order valence-electron chi connectivity index (χ1n) is 21.6. The lowest BCUT2D eigenvalue weighted by atomic mass is 9.72. The van der Waals surface area contributed by atoms with E-state index in [9.17, 15) is 0 Å². The smallest absolute Gasteiger partial charge is 0.137 e. The normalized spacial score (nSPS) is 20.9. The number of hydrogen-bond donors (Lipinski definition) is 0. The van der Waals surface area contributed by atoms with Gasteiger partial charge in [-0.25, -0.2) is 0 Å². The van der Waals surface area contributed by atoms with Gasteiger partial charge in [-0.1, -0.05) is 179 Å². The predicted molar refractivity (Wildman–Crippen MR) is 251 cm³/mol. The minimum atomic E-state index is -0.124. The van der Waals surface area contributed by atoms with Crippen molar-refractivity contribution in [3.63, 3.8) is 0 Å². The lowest BCUT2D eigenvalue weighted by Crippen LogP contribution is -2.34. The molecule has 0 fully saturated rings. The van der Waals surface area contributed by atoms with Crippen molar-refractivity contribution in [1.82, 2.24) is 0 Å². The Bertz CT molecular complexity index is 3090. The van der Waals surface area contributed by atoms with Crippen molar-refractivity contribution in [3.8, 4) is 22.3 Å². The van der Waals surface area contributed by atoms with Crippen LogP contribution in [0, 0.1) is 5.92 Å². The van der Waals surface area contributed by atoms with E-state index in [2.05, 4.69) is 215 Å². The lowest BCUT2D eigenvalue weighted by molar-refractivity contribution is 0.496. The molecule has 1 aromatic heterocycles. The molecule has 0 amide bonds. The van der Waals surface area contributed by atoms with Crippen LogP contribution in [-0.2, 0) is 10.8 Å². The fourth-order valence-electron chi connectivity index (χ4n) is 11.5. The average molecular weight is 774 g/mol. The van der Waals surface area contributed by atoms with E-state index in [1.807, 2.05) is 0 Å². The van der Waals surface area contributed by atoms with Crippen molar-refractivity contribution in [2.45, 2.75) is 56.9 Å². The highest BCUT2D eigenvalue weighted by Gasteiger charge is 2.42. The third kappa shape index (κ3) is 5.00. The highest BCUT2D eigenvalue weighted by Crippen LogP contribution is 2.56. The maximum Gasteiger partial charge on any atom is 0.137 e. The van der Waals surface area contributed by atoms with Crippen molar-refractivity contribution in [2.24, 2.45) is 5.92 Å². The Morgan fingerprint density at radius 2 is 1.23 bits per heavy atom. The van der Waals surface area contributed by atoms with Gasteiger partial charge in [-0.05, 0) is 104 Å². The van der Waals surface area contributed by atoms with Crippen LogP contribution in [0.2, 0.25) is 0 Å². The van der Waals surface area contributed by atoms with Crippen LogP contribution in [-0.4, -0.2) is 6.04 Å². The fourth-order valence-corrected chi connectivity index (χ4v) is 11.5. The molecule has 0 radical (unpaired) electrons. The van der Waals surface area contributed by atoms with Crippen LogP contribution in [0.1, 0.15) is 79.2 Å². The van der Waals surface area contributed by atoms with Gasteiger partial charge in [0.05, 0.1) is 17.1 Å². The van der Waals surface area contributed by atoms with Gasteiger partial charge in [0.1, 0.15) is 11.3 Å². The molecule has 0 saturated heterocycles. The first-order chi connectivity index (χ1) is 29.3. The van der Waals surface area contributed by atoms with E-state index in [1.165, 1.54) is 89.1 Å². The van der Waals surface area contributed by atoms with Gasteiger partial charge in [-0.15, -0.1) is 0 Å². The summed E-state index contributed by atoms with van der Waals surface area (Å²) in [7, 11) is 0. The summed E-state index contributed by atoms with van der Waals surface area (Å²) < 4.78 is 7.08. The van der Waals surface area contributed by atoms with Crippen LogP contribution in [0.3, 0.4) is 0 Å². The van der Waals surface area contributed by atoms with Gasteiger partial charge in [-0.3, -0.25) is 0 Å². The average Bonchev–Trinajstić information content (AvgIpc) is 3.87. The molecule has 2 heteroatoms. The molecule has 5 aliphatic carbocycles. The first-order valence-corrected chi connectivity index (χ1v) is 21.6. The standard InChI is InChI=1S/C58H47NO/c1-57(2)49-25-14-12-22-42(49)44-31-29-37(33-51(44)57)59(38-30-32-45-43-23-13-15-26-50(43)58(3,4)52(45)34-38)53-27-16-28-54-55(53)48-35-47(41-21-10-11-24-46(41)56(48)60-54)40-20-9-8-19-39(40)36-17-6-5-7-18-36/h5-33,35,38,41,46H,34H2,1-4H3. The second-order valence-electron chi connectivity index (χ2n) is 18.3. The molecule has 0 N–H and O–H groups in total. The first kappa shape index (κ1) is 35.3. The molecule has 3 atom stereocenters. The van der Waals surface area contributed by atoms with Gasteiger partial charge in [0.25, 0.3) is 0 Å². The van der Waals surface area contributed by atoms with E-state index in [0.717, 1.165) is 17.8 Å². The zero-order valence-corrected chi connectivity index (χ0v) is 34.6. The van der Waals surface area contributed by atoms with Crippen molar-refractivity contribution in [2.75, 3.05) is 4.90 Å². The SMILES string of the molecule is CC1(C)C2=C(C=CC(N(c3ccc4c(c3)C(C)(C)c3ccccc3-4)c3cccc4oc5c(c34)C=C(c3ccccc3-c3ccccc3)C3C=CC=CC53)C2)c2ccccc21. The second kappa shape index (κ2) is 12.9. The van der Waals surface area contributed by atoms with E-state index in [0.29, 0.717) is 0 Å². The van der Waals surface area contributed by atoms with Crippen molar-refractivity contribution < 1.29 is 4.42 Å². The monoisotopic (exact) mass is 773 g/mol. The van der Waals surface area contributed by atoms with Gasteiger partial charge < -0.3 is 9.32 Å². The highest BCUT2D eigenvalue weighted by atomic mass is 16.3. The zero-order chi connectivity index (χ0) is 40.3. The van der Waals surface area contributed by atoms with Crippen LogP contribution in [0.4, 0.5) is 11.4 Å². The molecule has 3 unspecified atom stereocenters. The number of anilines is 2. The Kier molecular flexibility index (Phi) is 7.61. The van der Waals surface area contributed by atoms with E-state index < -0.39 is 0 Å². The minimum absolute atomic E-state index is 0.0668. The Morgan fingerprint density at radius 1 is 0.567 bits per heavy atom. The molecule has 12 rings (SSSR count). The number of fused-ring (bicyclic) bond motifs is 10. The summed E-state index contributed by atoms with van der Waals surface area (Å²) in [6, 6.07) is 51.8. The number of allylic oxidation sites excluding steroid dienone is 7. The number of hydrogen-bond acceptors (Lipinski definition) is 2. The molecule has 0 saturated carbocycles. The quantitative estimate of drug-likeness (QED) is 0.173. The van der Waals surface area contributed by atoms with Crippen molar-refractivity contribution >= 4 is 39.6 Å². The molecule has 5 aliphatic rings. The fraction of sp³-hybridized carbons (Fsp3) is 0.172. The minimum Gasteiger partial charge on any atom is -0.460 e. The largest absolute Gasteiger partial charge is 0.460 e. The van der Waals surface area contributed by atoms with Crippen LogP contribution >= 0.6 is 0 Å². The van der Waals surface area contributed by atoms with E-state index in [1.54, 1.807) is 0 Å². The molecule has 7 aromatic rings. The van der Waals surface area contributed by atoms with Crippen LogP contribution in [0.5, 0.6) is 0 Å². The second-order valence-corrected chi connectivity index (χ2v) is 18.3. The summed E-state index contributed by atoms with van der Waals surface area (Å²) in [6.45, 7) is 9.60. The number of nitrogens with zero attached hydrogens (tertiary/aromatic N) is 1. The van der Waals surface area contributed by atoms with Crippen molar-refractivity contribution in [1.29, 1.82) is 0 Å². The van der Waals surface area contributed by atoms with Gasteiger partial charge in [0.15, 0.2) is 0 Å². The highest BCUT2D eigenvalue weighted by molar-refractivity contribution is 6.06. The van der Waals surface area contributed by atoms with Crippen LogP contribution < -0.4 is 4.90 Å². The molecule has 2 nitrogen and oxygen atoms in total. The molecule has 290 valence electrons. The van der Waals surface area contributed by atoms with Gasteiger partial charge >= 0.3 is 0 Å². The predicted octanol–water partition coefficient (Wildman–Crippen LogP) is 15.0. The van der Waals surface area contributed by atoms with Crippen molar-refractivity contribution in [3.05, 3.63) is 221 Å². The van der Waals surface area contributed by atoms with E-state index in [-0.39, 0.29) is 28.7 Å². The molecule has 0 spiro atoms. The number of furan rings is 1. The molecule has 6 aromatic carbocycles. The van der Waals surface area contributed by atoms with Gasteiger partial charge in [-0.2, -0.15) is 0 Å². The number of benzene rings is 6. The molecule has 1 heterocycles. The molecular formula is C58H47NO. The Labute approximate surface area is 353 Å². The maximum atomic E-state index is 7.08. The maximum absolute atomic E-state index is 7.08.